The van der Waals surface area contributed by atoms with Crippen molar-refractivity contribution in [2.24, 2.45) is 0 Å². The van der Waals surface area contributed by atoms with Gasteiger partial charge in [0.25, 0.3) is 0 Å². The van der Waals surface area contributed by atoms with E-state index in [1.54, 1.807) is 6.07 Å². The minimum absolute atomic E-state index is 0.0176. The molecule has 0 radical (unpaired) electrons. The molecule has 1 unspecified atom stereocenters. The number of aliphatic hydroxyl groups excluding tert-OH is 1. The molecule has 3 N–H and O–H groups in total. The lowest BCUT2D eigenvalue weighted by Crippen LogP contribution is -2.33. The van der Waals surface area contributed by atoms with Crippen LogP contribution in [0, 0.1) is 5.82 Å². The Bertz CT molecular complexity index is 652. The molecule has 0 aliphatic rings. The van der Waals surface area contributed by atoms with E-state index < -0.39 is 11.8 Å². The van der Waals surface area contributed by atoms with Gasteiger partial charge in [-0.05, 0) is 30.5 Å². The number of hydrogen-bond donors (Lipinski definition) is 3. The zero-order chi connectivity index (χ0) is 16.7. The number of amides is 2. The molecule has 1 atom stereocenters. The first-order chi connectivity index (χ1) is 11.1. The molecule has 0 fully saturated rings. The molecule has 0 saturated carbocycles. The molecule has 4 nitrogen and oxygen atoms in total. The highest BCUT2D eigenvalue weighted by Gasteiger charge is 2.15. The standard InChI is InChI=1S/C17H18ClFN2O2/c18-13-8-4-9-15(16(13)19)21-17(23)20-14(10-5-11-22)12-6-2-1-3-7-12/h1-4,6-9,14,22H,5,10-11H2,(H2,20,21,23). The molecular formula is C17H18ClFN2O2. The van der Waals surface area contributed by atoms with Gasteiger partial charge in [0.1, 0.15) is 0 Å². The summed E-state index contributed by atoms with van der Waals surface area (Å²) in [6, 6.07) is 13.0. The van der Waals surface area contributed by atoms with E-state index in [0.717, 1.165) is 5.56 Å². The predicted octanol–water partition coefficient (Wildman–Crippen LogP) is 4.11. The summed E-state index contributed by atoms with van der Waals surface area (Å²) >= 11 is 5.69. The molecule has 122 valence electrons. The van der Waals surface area contributed by atoms with E-state index in [-0.39, 0.29) is 23.4 Å². The average Bonchev–Trinajstić information content (AvgIpc) is 2.56. The highest BCUT2D eigenvalue weighted by molar-refractivity contribution is 6.31. The molecule has 0 bridgehead atoms. The number of aliphatic hydroxyl groups is 1. The quantitative estimate of drug-likeness (QED) is 0.743. The smallest absolute Gasteiger partial charge is 0.319 e. The van der Waals surface area contributed by atoms with Crippen LogP contribution in [0.2, 0.25) is 5.02 Å². The number of benzene rings is 2. The molecular weight excluding hydrogens is 319 g/mol. The van der Waals surface area contributed by atoms with E-state index in [9.17, 15) is 9.18 Å². The summed E-state index contributed by atoms with van der Waals surface area (Å²) in [6.45, 7) is 0.0373. The molecule has 0 spiro atoms. The van der Waals surface area contributed by atoms with Crippen LogP contribution in [0.5, 0.6) is 0 Å². The average molecular weight is 337 g/mol. The summed E-state index contributed by atoms with van der Waals surface area (Å²) in [6.07, 6.45) is 1.12. The molecule has 2 aromatic carbocycles. The Labute approximate surface area is 139 Å². The summed E-state index contributed by atoms with van der Waals surface area (Å²) < 4.78 is 13.8. The Hall–Kier alpha value is -2.11. The van der Waals surface area contributed by atoms with Gasteiger partial charge in [-0.15, -0.1) is 0 Å². The summed E-state index contributed by atoms with van der Waals surface area (Å²) in [4.78, 5) is 12.1. The first kappa shape index (κ1) is 17.2. The first-order valence-electron chi connectivity index (χ1n) is 7.29. The second kappa shape index (κ2) is 8.50. The van der Waals surface area contributed by atoms with Crippen LogP contribution in [-0.4, -0.2) is 17.7 Å². The number of carbonyl (C=O) groups excluding carboxylic acids is 1. The number of hydrogen-bond acceptors (Lipinski definition) is 2. The third-order valence-corrected chi connectivity index (χ3v) is 3.65. The lowest BCUT2D eigenvalue weighted by atomic mass is 10.0. The van der Waals surface area contributed by atoms with Crippen molar-refractivity contribution in [2.45, 2.75) is 18.9 Å². The van der Waals surface area contributed by atoms with Crippen LogP contribution in [0.25, 0.3) is 0 Å². The van der Waals surface area contributed by atoms with Gasteiger partial charge in [0, 0.05) is 6.61 Å². The van der Waals surface area contributed by atoms with Gasteiger partial charge in [-0.3, -0.25) is 0 Å². The second-order valence-electron chi connectivity index (χ2n) is 5.03. The Morgan fingerprint density at radius 2 is 1.91 bits per heavy atom. The lowest BCUT2D eigenvalue weighted by molar-refractivity contribution is 0.243. The molecule has 2 amide bonds. The maximum absolute atomic E-state index is 13.8. The van der Waals surface area contributed by atoms with E-state index in [1.807, 2.05) is 30.3 Å². The second-order valence-corrected chi connectivity index (χ2v) is 5.44. The molecule has 0 aromatic heterocycles. The molecule has 2 rings (SSSR count). The van der Waals surface area contributed by atoms with Crippen molar-refractivity contribution in [3.8, 4) is 0 Å². The minimum Gasteiger partial charge on any atom is -0.396 e. The number of urea groups is 1. The summed E-state index contributed by atoms with van der Waals surface area (Å²) in [5.74, 6) is -0.670. The molecule has 0 saturated heterocycles. The van der Waals surface area contributed by atoms with Crippen LogP contribution in [-0.2, 0) is 0 Å². The van der Waals surface area contributed by atoms with Crippen LogP contribution < -0.4 is 10.6 Å². The van der Waals surface area contributed by atoms with Gasteiger partial charge in [-0.1, -0.05) is 48.0 Å². The van der Waals surface area contributed by atoms with Crippen LogP contribution in [0.4, 0.5) is 14.9 Å². The van der Waals surface area contributed by atoms with Crippen molar-refractivity contribution < 1.29 is 14.3 Å². The number of nitrogens with one attached hydrogen (secondary N) is 2. The van der Waals surface area contributed by atoms with Crippen LogP contribution in [0.3, 0.4) is 0 Å². The predicted molar refractivity (Wildman–Crippen MR) is 89.1 cm³/mol. The van der Waals surface area contributed by atoms with Crippen molar-refractivity contribution in [1.82, 2.24) is 5.32 Å². The van der Waals surface area contributed by atoms with Gasteiger partial charge < -0.3 is 15.7 Å². The molecule has 0 heterocycles. The summed E-state index contributed by atoms with van der Waals surface area (Å²) in [5, 5.41) is 14.2. The minimum atomic E-state index is -0.670. The van der Waals surface area contributed by atoms with E-state index in [1.165, 1.54) is 12.1 Å². The summed E-state index contributed by atoms with van der Waals surface area (Å²) in [5.41, 5.74) is 0.937. The van der Waals surface area contributed by atoms with Gasteiger partial charge in [-0.2, -0.15) is 0 Å². The van der Waals surface area contributed by atoms with Crippen LogP contribution in [0.15, 0.2) is 48.5 Å². The van der Waals surface area contributed by atoms with Crippen molar-refractivity contribution in [1.29, 1.82) is 0 Å². The van der Waals surface area contributed by atoms with Crippen molar-refractivity contribution in [3.63, 3.8) is 0 Å². The zero-order valence-electron chi connectivity index (χ0n) is 12.4. The Morgan fingerprint density at radius 1 is 1.17 bits per heavy atom. The number of rotatable bonds is 6. The molecule has 2 aromatic rings. The van der Waals surface area contributed by atoms with Gasteiger partial charge in [0.05, 0.1) is 16.8 Å². The molecule has 23 heavy (non-hydrogen) atoms. The highest BCUT2D eigenvalue weighted by atomic mass is 35.5. The monoisotopic (exact) mass is 336 g/mol. The SMILES string of the molecule is O=C(Nc1cccc(Cl)c1F)NC(CCCO)c1ccccc1. The maximum Gasteiger partial charge on any atom is 0.319 e. The van der Waals surface area contributed by atoms with Crippen molar-refractivity contribution in [3.05, 3.63) is 64.9 Å². The molecule has 0 aliphatic heterocycles. The fraction of sp³-hybridized carbons (Fsp3) is 0.235. The maximum atomic E-state index is 13.8. The first-order valence-corrected chi connectivity index (χ1v) is 7.67. The Kier molecular flexibility index (Phi) is 6.38. The van der Waals surface area contributed by atoms with E-state index in [2.05, 4.69) is 10.6 Å². The molecule has 6 heteroatoms. The Balaban J connectivity index is 2.07. The van der Waals surface area contributed by atoms with Gasteiger partial charge in [0.15, 0.2) is 5.82 Å². The third-order valence-electron chi connectivity index (χ3n) is 3.36. The summed E-state index contributed by atoms with van der Waals surface area (Å²) in [7, 11) is 0. The highest BCUT2D eigenvalue weighted by Crippen LogP contribution is 2.23. The van der Waals surface area contributed by atoms with E-state index in [0.29, 0.717) is 12.8 Å². The van der Waals surface area contributed by atoms with E-state index in [4.69, 9.17) is 16.7 Å². The van der Waals surface area contributed by atoms with Gasteiger partial charge in [0.2, 0.25) is 0 Å². The lowest BCUT2D eigenvalue weighted by Gasteiger charge is -2.19. The fourth-order valence-electron chi connectivity index (χ4n) is 2.22. The van der Waals surface area contributed by atoms with Crippen molar-refractivity contribution in [2.75, 3.05) is 11.9 Å². The Morgan fingerprint density at radius 3 is 2.61 bits per heavy atom. The van der Waals surface area contributed by atoms with Crippen molar-refractivity contribution >= 4 is 23.3 Å². The topological polar surface area (TPSA) is 61.4 Å². The van der Waals surface area contributed by atoms with Gasteiger partial charge >= 0.3 is 6.03 Å². The van der Waals surface area contributed by atoms with Gasteiger partial charge in [-0.25, -0.2) is 9.18 Å². The normalized spacial score (nSPS) is 11.8. The number of anilines is 1. The zero-order valence-corrected chi connectivity index (χ0v) is 13.2. The number of halogens is 2. The van der Waals surface area contributed by atoms with Crippen LogP contribution in [0.1, 0.15) is 24.4 Å². The third kappa shape index (κ3) is 4.94. The van der Waals surface area contributed by atoms with Crippen LogP contribution >= 0.6 is 11.6 Å². The largest absolute Gasteiger partial charge is 0.396 e. The number of carbonyl (C=O) groups is 1. The molecule has 0 aliphatic carbocycles. The fourth-order valence-corrected chi connectivity index (χ4v) is 2.39. The van der Waals surface area contributed by atoms with E-state index >= 15 is 0 Å².